The summed E-state index contributed by atoms with van der Waals surface area (Å²) in [6, 6.07) is 8.00. The van der Waals surface area contributed by atoms with Crippen LogP contribution in [-0.2, 0) is 7.05 Å². The summed E-state index contributed by atoms with van der Waals surface area (Å²) >= 11 is 1.57. The standard InChI is InChI=1S/C15H13NOS/c1-10-8-18-9-13(10)15(17)12-7-16(2)14-6-4-3-5-11(12)14/h3-9H,1-2H3. The SMILES string of the molecule is Cc1cscc1C(=O)c1cn(C)c2ccccc12. The Kier molecular flexibility index (Phi) is 2.56. The second-order valence-electron chi connectivity index (χ2n) is 4.47. The highest BCUT2D eigenvalue weighted by Crippen LogP contribution is 2.25. The molecule has 0 saturated carbocycles. The minimum absolute atomic E-state index is 0.116. The molecule has 0 amide bonds. The molecule has 2 aromatic heterocycles. The number of hydrogen-bond donors (Lipinski definition) is 0. The smallest absolute Gasteiger partial charge is 0.196 e. The molecule has 0 N–H and O–H groups in total. The van der Waals surface area contributed by atoms with Gasteiger partial charge in [0.15, 0.2) is 5.78 Å². The van der Waals surface area contributed by atoms with Crippen molar-refractivity contribution in [2.45, 2.75) is 6.92 Å². The second kappa shape index (κ2) is 4.10. The summed E-state index contributed by atoms with van der Waals surface area (Å²) in [5, 5.41) is 4.97. The number of para-hydroxylation sites is 1. The summed E-state index contributed by atoms with van der Waals surface area (Å²) in [5.74, 6) is 0.116. The van der Waals surface area contributed by atoms with Crippen molar-refractivity contribution in [1.82, 2.24) is 4.57 Å². The van der Waals surface area contributed by atoms with Gasteiger partial charge in [0.25, 0.3) is 0 Å². The van der Waals surface area contributed by atoms with Gasteiger partial charge in [-0.1, -0.05) is 18.2 Å². The average Bonchev–Trinajstić information content (AvgIpc) is 2.94. The molecule has 18 heavy (non-hydrogen) atoms. The van der Waals surface area contributed by atoms with Gasteiger partial charge in [-0.3, -0.25) is 4.79 Å². The Morgan fingerprint density at radius 1 is 1.17 bits per heavy atom. The van der Waals surface area contributed by atoms with E-state index in [1.165, 1.54) is 0 Å². The van der Waals surface area contributed by atoms with Crippen LogP contribution in [0.5, 0.6) is 0 Å². The second-order valence-corrected chi connectivity index (χ2v) is 5.21. The van der Waals surface area contributed by atoms with Gasteiger partial charge in [0, 0.05) is 40.7 Å². The fraction of sp³-hybridized carbons (Fsp3) is 0.133. The van der Waals surface area contributed by atoms with E-state index in [9.17, 15) is 4.79 Å². The molecule has 3 aromatic rings. The van der Waals surface area contributed by atoms with Gasteiger partial charge in [0.1, 0.15) is 0 Å². The number of nitrogens with zero attached hydrogens (tertiary/aromatic N) is 1. The molecule has 0 atom stereocenters. The molecule has 0 radical (unpaired) electrons. The number of carbonyl (C=O) groups is 1. The average molecular weight is 255 g/mol. The topological polar surface area (TPSA) is 22.0 Å². The largest absolute Gasteiger partial charge is 0.350 e. The van der Waals surface area contributed by atoms with Crippen LogP contribution in [0.2, 0.25) is 0 Å². The van der Waals surface area contributed by atoms with Crippen LogP contribution < -0.4 is 0 Å². The summed E-state index contributed by atoms with van der Waals surface area (Å²) in [6.45, 7) is 1.98. The number of hydrogen-bond acceptors (Lipinski definition) is 2. The van der Waals surface area contributed by atoms with E-state index in [0.717, 1.165) is 27.6 Å². The summed E-state index contributed by atoms with van der Waals surface area (Å²) in [5.41, 5.74) is 3.75. The third-order valence-electron chi connectivity index (χ3n) is 3.24. The van der Waals surface area contributed by atoms with Gasteiger partial charge in [0.05, 0.1) is 0 Å². The number of fused-ring (bicyclic) bond motifs is 1. The monoisotopic (exact) mass is 255 g/mol. The minimum atomic E-state index is 0.116. The van der Waals surface area contributed by atoms with E-state index in [1.54, 1.807) is 11.3 Å². The van der Waals surface area contributed by atoms with E-state index in [-0.39, 0.29) is 5.78 Å². The highest BCUT2D eigenvalue weighted by molar-refractivity contribution is 7.08. The third kappa shape index (κ3) is 1.59. The van der Waals surface area contributed by atoms with E-state index in [2.05, 4.69) is 0 Å². The van der Waals surface area contributed by atoms with Crippen molar-refractivity contribution in [3.05, 3.63) is 57.9 Å². The molecular formula is C15H13NOS. The molecule has 0 saturated heterocycles. The number of aromatic nitrogens is 1. The van der Waals surface area contributed by atoms with Crippen molar-refractivity contribution in [1.29, 1.82) is 0 Å². The van der Waals surface area contributed by atoms with Crippen LogP contribution in [0, 0.1) is 6.92 Å². The zero-order chi connectivity index (χ0) is 12.7. The maximum Gasteiger partial charge on any atom is 0.196 e. The van der Waals surface area contributed by atoms with E-state index >= 15 is 0 Å². The zero-order valence-electron chi connectivity index (χ0n) is 10.3. The summed E-state index contributed by atoms with van der Waals surface area (Å²) in [4.78, 5) is 12.5. The van der Waals surface area contributed by atoms with E-state index < -0.39 is 0 Å². The van der Waals surface area contributed by atoms with E-state index in [0.29, 0.717) is 0 Å². The van der Waals surface area contributed by atoms with Crippen LogP contribution in [-0.4, -0.2) is 10.4 Å². The number of carbonyl (C=O) groups excluding carboxylic acids is 1. The first-order chi connectivity index (χ1) is 8.68. The van der Waals surface area contributed by atoms with Crippen LogP contribution in [0.1, 0.15) is 21.5 Å². The number of benzene rings is 1. The Labute approximate surface area is 109 Å². The van der Waals surface area contributed by atoms with E-state index in [4.69, 9.17) is 0 Å². The Bertz CT molecular complexity index is 736. The van der Waals surface area contributed by atoms with Gasteiger partial charge >= 0.3 is 0 Å². The van der Waals surface area contributed by atoms with Crippen LogP contribution in [0.25, 0.3) is 10.9 Å². The first-order valence-corrected chi connectivity index (χ1v) is 6.74. The maximum atomic E-state index is 12.5. The lowest BCUT2D eigenvalue weighted by atomic mass is 10.0. The van der Waals surface area contributed by atoms with Crippen LogP contribution in [0.15, 0.2) is 41.2 Å². The maximum absolute atomic E-state index is 12.5. The van der Waals surface area contributed by atoms with Gasteiger partial charge in [-0.25, -0.2) is 0 Å². The zero-order valence-corrected chi connectivity index (χ0v) is 11.1. The molecule has 3 rings (SSSR count). The normalized spacial score (nSPS) is 11.0. The van der Waals surface area contributed by atoms with Crippen LogP contribution in [0.4, 0.5) is 0 Å². The molecule has 3 heteroatoms. The molecule has 0 aliphatic heterocycles. The van der Waals surface area contributed by atoms with Crippen LogP contribution in [0.3, 0.4) is 0 Å². The molecule has 0 fully saturated rings. The first kappa shape index (κ1) is 11.2. The van der Waals surface area contributed by atoms with E-state index in [1.807, 2.05) is 59.8 Å². The third-order valence-corrected chi connectivity index (χ3v) is 4.10. The van der Waals surface area contributed by atoms with Gasteiger partial charge in [-0.15, -0.1) is 0 Å². The van der Waals surface area contributed by atoms with Crippen molar-refractivity contribution in [3.8, 4) is 0 Å². The van der Waals surface area contributed by atoms with Gasteiger partial charge < -0.3 is 4.57 Å². The van der Waals surface area contributed by atoms with Crippen LogP contribution >= 0.6 is 11.3 Å². The Morgan fingerprint density at radius 3 is 2.67 bits per heavy atom. The quantitative estimate of drug-likeness (QED) is 0.639. The van der Waals surface area contributed by atoms with Gasteiger partial charge in [-0.05, 0) is 23.9 Å². The lowest BCUT2D eigenvalue weighted by Crippen LogP contribution is -2.00. The predicted octanol–water partition coefficient (Wildman–Crippen LogP) is 3.78. The van der Waals surface area contributed by atoms with Crippen molar-refractivity contribution >= 4 is 28.0 Å². The molecule has 1 aromatic carbocycles. The predicted molar refractivity (Wildman–Crippen MR) is 75.4 cm³/mol. The highest BCUT2D eigenvalue weighted by atomic mass is 32.1. The van der Waals surface area contributed by atoms with Gasteiger partial charge in [-0.2, -0.15) is 11.3 Å². The molecule has 90 valence electrons. The number of aryl methyl sites for hydroxylation is 2. The van der Waals surface area contributed by atoms with Crippen molar-refractivity contribution < 1.29 is 4.79 Å². The Balaban J connectivity index is 2.21. The number of rotatable bonds is 2. The molecule has 2 heterocycles. The molecule has 2 nitrogen and oxygen atoms in total. The molecule has 0 bridgehead atoms. The van der Waals surface area contributed by atoms with Crippen molar-refractivity contribution in [2.24, 2.45) is 7.05 Å². The number of thiophene rings is 1. The molecular weight excluding hydrogens is 242 g/mol. The van der Waals surface area contributed by atoms with Gasteiger partial charge in [0.2, 0.25) is 0 Å². The Hall–Kier alpha value is -1.87. The lowest BCUT2D eigenvalue weighted by molar-refractivity contribution is 0.104. The summed E-state index contributed by atoms with van der Waals surface area (Å²) in [6.07, 6.45) is 1.92. The molecule has 0 aliphatic carbocycles. The molecule has 0 spiro atoms. The number of ketones is 1. The van der Waals surface area contributed by atoms with Crippen molar-refractivity contribution in [3.63, 3.8) is 0 Å². The summed E-state index contributed by atoms with van der Waals surface area (Å²) in [7, 11) is 1.97. The lowest BCUT2D eigenvalue weighted by Gasteiger charge is -1.98. The Morgan fingerprint density at radius 2 is 1.94 bits per heavy atom. The minimum Gasteiger partial charge on any atom is -0.350 e. The van der Waals surface area contributed by atoms with Crippen molar-refractivity contribution in [2.75, 3.05) is 0 Å². The molecule has 0 unspecified atom stereocenters. The highest BCUT2D eigenvalue weighted by Gasteiger charge is 2.17. The first-order valence-electron chi connectivity index (χ1n) is 5.80. The summed E-state index contributed by atoms with van der Waals surface area (Å²) < 4.78 is 2.00. The fourth-order valence-corrected chi connectivity index (χ4v) is 3.09. The fourth-order valence-electron chi connectivity index (χ4n) is 2.26. The molecule has 0 aliphatic rings.